The van der Waals surface area contributed by atoms with Crippen molar-refractivity contribution < 1.29 is 14.6 Å². The summed E-state index contributed by atoms with van der Waals surface area (Å²) in [4.78, 5) is 28.2. The van der Waals surface area contributed by atoms with Gasteiger partial charge in [-0.3, -0.25) is 9.78 Å². The number of ether oxygens (including phenoxy) is 1. The molecule has 0 bridgehead atoms. The highest BCUT2D eigenvalue weighted by Gasteiger charge is 2.24. The molecule has 0 fully saturated rings. The van der Waals surface area contributed by atoms with Crippen LogP contribution in [-0.2, 0) is 6.42 Å². The van der Waals surface area contributed by atoms with E-state index in [1.807, 2.05) is 0 Å². The van der Waals surface area contributed by atoms with Gasteiger partial charge in [0, 0.05) is 12.0 Å². The van der Waals surface area contributed by atoms with Crippen LogP contribution in [0.1, 0.15) is 21.5 Å². The first-order valence-electron chi connectivity index (χ1n) is 5.45. The molecule has 6 nitrogen and oxygen atoms in total. The van der Waals surface area contributed by atoms with Crippen LogP contribution in [0, 0.1) is 4.77 Å². The van der Waals surface area contributed by atoms with Crippen LogP contribution >= 0.6 is 12.2 Å². The van der Waals surface area contributed by atoms with Crippen LogP contribution < -0.4 is 10.3 Å². The second-order valence-electron chi connectivity index (χ2n) is 4.08. The van der Waals surface area contributed by atoms with E-state index in [9.17, 15) is 9.59 Å². The number of aromatic carboxylic acids is 1. The molecule has 7 heteroatoms. The van der Waals surface area contributed by atoms with Gasteiger partial charge in [-0.1, -0.05) is 6.07 Å². The molecule has 19 heavy (non-hydrogen) atoms. The topological polar surface area (TPSA) is 95.2 Å². The highest BCUT2D eigenvalue weighted by molar-refractivity contribution is 7.71. The van der Waals surface area contributed by atoms with E-state index < -0.39 is 5.97 Å². The Kier molecular flexibility index (Phi) is 2.49. The monoisotopic (exact) mass is 276 g/mol. The molecule has 1 aromatic heterocycles. The molecule has 3 rings (SSSR count). The maximum absolute atomic E-state index is 11.8. The van der Waals surface area contributed by atoms with Gasteiger partial charge < -0.3 is 14.8 Å². The Balaban J connectivity index is 2.23. The van der Waals surface area contributed by atoms with E-state index in [0.29, 0.717) is 16.9 Å². The summed E-state index contributed by atoms with van der Waals surface area (Å²) < 4.78 is 5.69. The molecular formula is C12H8N2O4S. The first-order chi connectivity index (χ1) is 9.06. The Morgan fingerprint density at radius 1 is 1.32 bits per heavy atom. The lowest BCUT2D eigenvalue weighted by atomic mass is 9.98. The molecule has 1 aliphatic heterocycles. The summed E-state index contributed by atoms with van der Waals surface area (Å²) in [5.74, 6) is -0.364. The van der Waals surface area contributed by atoms with Crippen LogP contribution in [0.3, 0.4) is 0 Å². The smallest absolute Gasteiger partial charge is 0.336 e. The molecule has 2 aromatic rings. The number of carboxylic acids is 1. The van der Waals surface area contributed by atoms with E-state index in [1.165, 1.54) is 6.07 Å². The van der Waals surface area contributed by atoms with Crippen molar-refractivity contribution in [2.75, 3.05) is 0 Å². The summed E-state index contributed by atoms with van der Waals surface area (Å²) in [6.07, 6.45) is 0.189. The quantitative estimate of drug-likeness (QED) is 0.589. The second kappa shape index (κ2) is 4.06. The van der Waals surface area contributed by atoms with Gasteiger partial charge in [-0.05, 0) is 24.4 Å². The van der Waals surface area contributed by atoms with E-state index in [1.54, 1.807) is 12.1 Å². The minimum atomic E-state index is -1.05. The van der Waals surface area contributed by atoms with E-state index in [4.69, 9.17) is 22.1 Å². The predicted octanol–water partition coefficient (Wildman–Crippen LogP) is 1.83. The highest BCUT2D eigenvalue weighted by Crippen LogP contribution is 2.35. The lowest BCUT2D eigenvalue weighted by Crippen LogP contribution is -2.20. The van der Waals surface area contributed by atoms with Crippen LogP contribution in [0.4, 0.5) is 0 Å². The molecule has 0 saturated heterocycles. The molecule has 0 radical (unpaired) electrons. The normalized spacial score (nSPS) is 12.2. The number of H-pyrrole nitrogens is 2. The summed E-state index contributed by atoms with van der Waals surface area (Å²) in [7, 11) is 0. The van der Waals surface area contributed by atoms with Crippen molar-refractivity contribution in [1.29, 1.82) is 0 Å². The zero-order valence-electron chi connectivity index (χ0n) is 9.52. The first-order valence-corrected chi connectivity index (χ1v) is 5.85. The Morgan fingerprint density at radius 3 is 2.84 bits per heavy atom. The van der Waals surface area contributed by atoms with E-state index in [-0.39, 0.29) is 28.2 Å². The number of carbonyl (C=O) groups is 1. The molecule has 0 spiro atoms. The molecule has 1 aliphatic rings. The van der Waals surface area contributed by atoms with Crippen molar-refractivity contribution in [3.05, 3.63) is 50.0 Å². The summed E-state index contributed by atoms with van der Waals surface area (Å²) in [6, 6.07) is 4.73. The molecule has 0 unspecified atom stereocenters. The van der Waals surface area contributed by atoms with Crippen LogP contribution in [0.25, 0.3) is 0 Å². The van der Waals surface area contributed by atoms with Gasteiger partial charge in [0.05, 0.1) is 11.1 Å². The van der Waals surface area contributed by atoms with Gasteiger partial charge in [-0.2, -0.15) is 0 Å². The fraction of sp³-hybridized carbons (Fsp3) is 0.0833. The maximum atomic E-state index is 11.8. The predicted molar refractivity (Wildman–Crippen MR) is 68.5 cm³/mol. The number of fused-ring (bicyclic) bond motifs is 2. The summed E-state index contributed by atoms with van der Waals surface area (Å²) in [5, 5.41) is 9.14. The number of benzene rings is 1. The van der Waals surface area contributed by atoms with Gasteiger partial charge in [0.1, 0.15) is 5.75 Å². The Morgan fingerprint density at radius 2 is 2.11 bits per heavy atom. The number of aromatic amines is 2. The van der Waals surface area contributed by atoms with Gasteiger partial charge in [0.25, 0.3) is 5.56 Å². The average molecular weight is 276 g/mol. The molecule has 0 amide bonds. The Hall–Kier alpha value is -2.41. The zero-order valence-corrected chi connectivity index (χ0v) is 10.3. The Bertz CT molecular complexity index is 806. The summed E-state index contributed by atoms with van der Waals surface area (Å²) >= 11 is 4.87. The maximum Gasteiger partial charge on any atom is 0.336 e. The number of rotatable bonds is 1. The van der Waals surface area contributed by atoms with Crippen molar-refractivity contribution in [3.8, 4) is 11.6 Å². The third-order valence-electron chi connectivity index (χ3n) is 2.93. The summed E-state index contributed by atoms with van der Waals surface area (Å²) in [6.45, 7) is 0. The summed E-state index contributed by atoms with van der Waals surface area (Å²) in [5.41, 5.74) is 0.586. The molecule has 0 atom stereocenters. The van der Waals surface area contributed by atoms with Crippen LogP contribution in [0.5, 0.6) is 11.6 Å². The molecule has 1 aromatic carbocycles. The van der Waals surface area contributed by atoms with Crippen LogP contribution in [0.2, 0.25) is 0 Å². The minimum Gasteiger partial charge on any atom is -0.478 e. The van der Waals surface area contributed by atoms with Gasteiger partial charge in [0.2, 0.25) is 5.88 Å². The van der Waals surface area contributed by atoms with Crippen molar-refractivity contribution in [2.45, 2.75) is 6.42 Å². The van der Waals surface area contributed by atoms with Gasteiger partial charge >= 0.3 is 5.97 Å². The fourth-order valence-electron chi connectivity index (χ4n) is 2.07. The molecule has 0 aliphatic carbocycles. The standard InChI is InChI=1S/C12H8N2O4S/c15-9-7-4-6-5(11(16)17)2-1-3-8(6)18-10(7)14-12(19)13-9/h1-3H,4H2,(H,16,17)(H2,13,14,15,19). The largest absolute Gasteiger partial charge is 0.478 e. The molecular weight excluding hydrogens is 268 g/mol. The van der Waals surface area contributed by atoms with Crippen molar-refractivity contribution >= 4 is 18.2 Å². The lowest BCUT2D eigenvalue weighted by molar-refractivity contribution is 0.0695. The number of hydrogen-bond donors (Lipinski definition) is 3. The third-order valence-corrected chi connectivity index (χ3v) is 3.14. The van der Waals surface area contributed by atoms with E-state index in [0.717, 1.165) is 0 Å². The Labute approximate surface area is 111 Å². The molecule has 3 N–H and O–H groups in total. The number of nitrogens with one attached hydrogen (secondary N) is 2. The number of hydrogen-bond acceptors (Lipinski definition) is 4. The SMILES string of the molecule is O=C(O)c1cccc2c1Cc1c([nH]c(=S)[nH]c1=O)O2. The first kappa shape index (κ1) is 11.7. The third kappa shape index (κ3) is 1.84. The number of carboxylic acid groups (broad SMARTS) is 1. The lowest BCUT2D eigenvalue weighted by Gasteiger charge is -2.20. The van der Waals surface area contributed by atoms with Crippen LogP contribution in [-0.4, -0.2) is 21.0 Å². The highest BCUT2D eigenvalue weighted by atomic mass is 32.1. The fourth-order valence-corrected chi connectivity index (χ4v) is 2.26. The van der Waals surface area contributed by atoms with Gasteiger partial charge in [0.15, 0.2) is 4.77 Å². The zero-order chi connectivity index (χ0) is 13.6. The number of aromatic nitrogens is 2. The van der Waals surface area contributed by atoms with Crippen LogP contribution in [0.15, 0.2) is 23.0 Å². The molecule has 0 saturated carbocycles. The van der Waals surface area contributed by atoms with Gasteiger partial charge in [-0.15, -0.1) is 0 Å². The average Bonchev–Trinajstić information content (AvgIpc) is 2.35. The van der Waals surface area contributed by atoms with Gasteiger partial charge in [-0.25, -0.2) is 4.79 Å². The molecule has 96 valence electrons. The van der Waals surface area contributed by atoms with Crippen molar-refractivity contribution in [2.24, 2.45) is 0 Å². The van der Waals surface area contributed by atoms with E-state index in [2.05, 4.69) is 9.97 Å². The minimum absolute atomic E-state index is 0.130. The van der Waals surface area contributed by atoms with E-state index >= 15 is 0 Å². The van der Waals surface area contributed by atoms with Crippen molar-refractivity contribution in [1.82, 2.24) is 9.97 Å². The van der Waals surface area contributed by atoms with Crippen molar-refractivity contribution in [3.63, 3.8) is 0 Å². The second-order valence-corrected chi connectivity index (χ2v) is 4.49. The molecule has 2 heterocycles.